The van der Waals surface area contributed by atoms with Crippen molar-refractivity contribution in [1.82, 2.24) is 4.90 Å². The van der Waals surface area contributed by atoms with Gasteiger partial charge in [0.15, 0.2) is 0 Å². The highest BCUT2D eigenvalue weighted by atomic mass is 19.1. The Morgan fingerprint density at radius 1 is 1.03 bits per heavy atom. The van der Waals surface area contributed by atoms with Gasteiger partial charge in [0.25, 0.3) is 5.91 Å². The van der Waals surface area contributed by atoms with E-state index in [0.29, 0.717) is 37.4 Å². The summed E-state index contributed by atoms with van der Waals surface area (Å²) in [6.45, 7) is 5.78. The molecule has 8 heteroatoms. The topological polar surface area (TPSA) is 79.0 Å². The molecule has 0 spiro atoms. The molecule has 2 amide bonds. The highest BCUT2D eigenvalue weighted by Gasteiger charge is 2.22. The Balaban J connectivity index is 1.89. The number of carbonyl (C=O) groups is 3. The molecule has 1 N–H and O–H groups in total. The maximum absolute atomic E-state index is 13.5. The molecule has 7 nitrogen and oxygen atoms in total. The van der Waals surface area contributed by atoms with Crippen molar-refractivity contribution in [2.24, 2.45) is 0 Å². The lowest BCUT2D eigenvalue weighted by Crippen LogP contribution is -2.48. The van der Waals surface area contributed by atoms with Crippen LogP contribution in [0.2, 0.25) is 0 Å². The molecular formula is C22H24FN3O4. The Labute approximate surface area is 174 Å². The van der Waals surface area contributed by atoms with E-state index in [9.17, 15) is 18.8 Å². The van der Waals surface area contributed by atoms with Crippen LogP contribution in [0.5, 0.6) is 0 Å². The van der Waals surface area contributed by atoms with Gasteiger partial charge in [-0.15, -0.1) is 0 Å². The van der Waals surface area contributed by atoms with Crippen LogP contribution in [0.15, 0.2) is 42.5 Å². The van der Waals surface area contributed by atoms with Crippen LogP contribution in [-0.2, 0) is 9.53 Å². The van der Waals surface area contributed by atoms with Crippen molar-refractivity contribution in [3.8, 4) is 0 Å². The zero-order chi connectivity index (χ0) is 21.7. The first-order valence-corrected chi connectivity index (χ1v) is 9.77. The van der Waals surface area contributed by atoms with E-state index in [0.717, 1.165) is 11.8 Å². The lowest BCUT2D eigenvalue weighted by molar-refractivity contribution is -0.129. The molecule has 158 valence electrons. The van der Waals surface area contributed by atoms with E-state index in [1.165, 1.54) is 25.1 Å². The van der Waals surface area contributed by atoms with Crippen molar-refractivity contribution >= 4 is 29.2 Å². The fourth-order valence-corrected chi connectivity index (χ4v) is 3.34. The zero-order valence-corrected chi connectivity index (χ0v) is 17.0. The number of amides is 2. The predicted molar refractivity (Wildman–Crippen MR) is 111 cm³/mol. The quantitative estimate of drug-likeness (QED) is 0.763. The van der Waals surface area contributed by atoms with Gasteiger partial charge < -0.3 is 19.9 Å². The van der Waals surface area contributed by atoms with Gasteiger partial charge in [-0.25, -0.2) is 9.18 Å². The average molecular weight is 413 g/mol. The third kappa shape index (κ3) is 4.94. The molecule has 2 aromatic carbocycles. The van der Waals surface area contributed by atoms with Crippen molar-refractivity contribution < 1.29 is 23.5 Å². The second-order valence-corrected chi connectivity index (χ2v) is 6.91. The monoisotopic (exact) mass is 413 g/mol. The van der Waals surface area contributed by atoms with Crippen LogP contribution in [0.3, 0.4) is 0 Å². The number of benzene rings is 2. The third-order valence-corrected chi connectivity index (χ3v) is 4.91. The maximum atomic E-state index is 13.5. The van der Waals surface area contributed by atoms with Crippen LogP contribution in [0.25, 0.3) is 0 Å². The molecule has 1 saturated heterocycles. The molecule has 0 atom stereocenters. The number of piperazine rings is 1. The number of anilines is 2. The molecule has 2 aromatic rings. The van der Waals surface area contributed by atoms with Gasteiger partial charge in [0, 0.05) is 38.7 Å². The lowest BCUT2D eigenvalue weighted by Gasteiger charge is -2.36. The van der Waals surface area contributed by atoms with E-state index in [2.05, 4.69) is 5.32 Å². The average Bonchev–Trinajstić information content (AvgIpc) is 2.74. The summed E-state index contributed by atoms with van der Waals surface area (Å²) >= 11 is 0. The van der Waals surface area contributed by atoms with Gasteiger partial charge in [0.2, 0.25) is 5.91 Å². The minimum absolute atomic E-state index is 0.0203. The minimum atomic E-state index is -0.511. The number of nitrogens with zero attached hydrogens (tertiary/aromatic N) is 2. The molecule has 0 bridgehead atoms. The first-order valence-electron chi connectivity index (χ1n) is 9.77. The summed E-state index contributed by atoms with van der Waals surface area (Å²) in [6, 6.07) is 10.3. The van der Waals surface area contributed by atoms with Gasteiger partial charge in [-0.05, 0) is 43.3 Å². The van der Waals surface area contributed by atoms with Crippen LogP contribution in [-0.4, -0.2) is 55.5 Å². The van der Waals surface area contributed by atoms with E-state index >= 15 is 0 Å². The molecule has 30 heavy (non-hydrogen) atoms. The van der Waals surface area contributed by atoms with Gasteiger partial charge in [-0.1, -0.05) is 6.07 Å². The Hall–Kier alpha value is -3.42. The van der Waals surface area contributed by atoms with Crippen LogP contribution in [0.4, 0.5) is 15.8 Å². The molecule has 1 fully saturated rings. The molecule has 0 aromatic heterocycles. The maximum Gasteiger partial charge on any atom is 0.338 e. The molecule has 1 heterocycles. The Morgan fingerprint density at radius 2 is 1.77 bits per heavy atom. The number of esters is 1. The third-order valence-electron chi connectivity index (χ3n) is 4.91. The van der Waals surface area contributed by atoms with E-state index < -0.39 is 17.7 Å². The second kappa shape index (κ2) is 9.39. The highest BCUT2D eigenvalue weighted by molar-refractivity contribution is 6.06. The Kier molecular flexibility index (Phi) is 6.66. The van der Waals surface area contributed by atoms with Crippen LogP contribution in [0, 0.1) is 5.82 Å². The largest absolute Gasteiger partial charge is 0.462 e. The summed E-state index contributed by atoms with van der Waals surface area (Å²) in [4.78, 5) is 40.2. The zero-order valence-electron chi connectivity index (χ0n) is 17.0. The van der Waals surface area contributed by atoms with E-state index in [1.54, 1.807) is 30.0 Å². The SMILES string of the molecule is CCOC(=O)c1ccc(N2CCN(C(C)=O)CC2)c(NC(=O)c2cccc(F)c2)c1. The van der Waals surface area contributed by atoms with Gasteiger partial charge in [0.05, 0.1) is 23.5 Å². The van der Waals surface area contributed by atoms with Gasteiger partial charge in [-0.2, -0.15) is 0 Å². The highest BCUT2D eigenvalue weighted by Crippen LogP contribution is 2.29. The standard InChI is InChI=1S/C22H24FN3O4/c1-3-30-22(29)17-7-8-20(26-11-9-25(10-12-26)15(2)27)19(14-17)24-21(28)16-5-4-6-18(23)13-16/h4-8,13-14H,3,9-12H2,1-2H3,(H,24,28). The lowest BCUT2D eigenvalue weighted by atomic mass is 10.1. The predicted octanol–water partition coefficient (Wildman–Crippen LogP) is 2.92. The molecule has 0 unspecified atom stereocenters. The van der Waals surface area contributed by atoms with Crippen molar-refractivity contribution in [2.75, 3.05) is 43.0 Å². The number of hydrogen-bond acceptors (Lipinski definition) is 5. The number of carbonyl (C=O) groups excluding carboxylic acids is 3. The Bertz CT molecular complexity index is 955. The van der Waals surface area contributed by atoms with Gasteiger partial charge in [0.1, 0.15) is 5.82 Å². The van der Waals surface area contributed by atoms with Crippen LogP contribution in [0.1, 0.15) is 34.6 Å². The summed E-state index contributed by atoms with van der Waals surface area (Å²) in [6.07, 6.45) is 0. The molecular weight excluding hydrogens is 389 g/mol. The molecule has 1 aliphatic rings. The summed E-state index contributed by atoms with van der Waals surface area (Å²) in [5.74, 6) is -1.47. The van der Waals surface area contributed by atoms with Crippen LogP contribution >= 0.6 is 0 Å². The number of hydrogen-bond donors (Lipinski definition) is 1. The fourth-order valence-electron chi connectivity index (χ4n) is 3.34. The second-order valence-electron chi connectivity index (χ2n) is 6.91. The molecule has 0 aliphatic carbocycles. The van der Waals surface area contributed by atoms with Crippen molar-refractivity contribution in [3.05, 3.63) is 59.4 Å². The number of ether oxygens (including phenoxy) is 1. The number of halogens is 1. The Morgan fingerprint density at radius 3 is 2.40 bits per heavy atom. The van der Waals surface area contributed by atoms with E-state index in [1.807, 2.05) is 4.90 Å². The first-order chi connectivity index (χ1) is 14.4. The van der Waals surface area contributed by atoms with Crippen molar-refractivity contribution in [1.29, 1.82) is 0 Å². The molecule has 0 radical (unpaired) electrons. The summed E-state index contributed by atoms with van der Waals surface area (Å²) in [7, 11) is 0. The smallest absolute Gasteiger partial charge is 0.338 e. The number of nitrogens with one attached hydrogen (secondary N) is 1. The van der Waals surface area contributed by atoms with Gasteiger partial charge >= 0.3 is 5.97 Å². The minimum Gasteiger partial charge on any atom is -0.462 e. The first kappa shape index (κ1) is 21.3. The molecule has 3 rings (SSSR count). The molecule has 0 saturated carbocycles. The van der Waals surface area contributed by atoms with E-state index in [-0.39, 0.29) is 18.1 Å². The van der Waals surface area contributed by atoms with Gasteiger partial charge in [-0.3, -0.25) is 9.59 Å². The number of rotatable bonds is 5. The summed E-state index contributed by atoms with van der Waals surface area (Å²) in [5.41, 5.74) is 1.61. The normalized spacial score (nSPS) is 13.7. The van der Waals surface area contributed by atoms with Crippen molar-refractivity contribution in [3.63, 3.8) is 0 Å². The van der Waals surface area contributed by atoms with E-state index in [4.69, 9.17) is 4.74 Å². The fraction of sp³-hybridized carbons (Fsp3) is 0.318. The van der Waals surface area contributed by atoms with Crippen molar-refractivity contribution in [2.45, 2.75) is 13.8 Å². The van der Waals surface area contributed by atoms with Crippen LogP contribution < -0.4 is 10.2 Å². The summed E-state index contributed by atoms with van der Waals surface area (Å²) in [5, 5.41) is 2.79. The molecule has 1 aliphatic heterocycles. The summed E-state index contributed by atoms with van der Waals surface area (Å²) < 4.78 is 18.6.